The quantitative estimate of drug-likeness (QED) is 0.853. The Balaban J connectivity index is 1.85. The summed E-state index contributed by atoms with van der Waals surface area (Å²) in [6, 6.07) is 10.7. The lowest BCUT2D eigenvalue weighted by atomic mass is 9.74. The molecule has 0 bridgehead atoms. The number of carbonyl (C=O) groups is 1. The zero-order valence-corrected chi connectivity index (χ0v) is 15.7. The van der Waals surface area contributed by atoms with Crippen LogP contribution in [0.25, 0.3) is 0 Å². The molecular weight excluding hydrogens is 362 g/mol. The number of likely N-dealkylation sites (N-methyl/N-ethyl adjacent to an activating group) is 1. The summed E-state index contributed by atoms with van der Waals surface area (Å²) in [5.41, 5.74) is 12.6. The van der Waals surface area contributed by atoms with Gasteiger partial charge in [-0.25, -0.2) is 13.8 Å². The molecule has 2 aliphatic rings. The lowest BCUT2D eigenvalue weighted by molar-refractivity contribution is -0.130. The summed E-state index contributed by atoms with van der Waals surface area (Å²) in [6.07, 6.45) is 1.86. The Labute approximate surface area is 162 Å². The molecule has 4 rings (SSSR count). The topological polar surface area (TPSA) is 84.7 Å². The molecular formula is C21H22F2N4O. The van der Waals surface area contributed by atoms with Crippen molar-refractivity contribution in [3.05, 3.63) is 70.8 Å². The molecule has 2 atom stereocenters. The van der Waals surface area contributed by atoms with Crippen molar-refractivity contribution in [1.82, 2.24) is 4.90 Å². The van der Waals surface area contributed by atoms with Gasteiger partial charge in [0.05, 0.1) is 5.92 Å². The fourth-order valence-corrected chi connectivity index (χ4v) is 3.90. The van der Waals surface area contributed by atoms with Gasteiger partial charge in [-0.1, -0.05) is 24.3 Å². The maximum Gasteiger partial charge on any atom is 0.239 e. The van der Waals surface area contributed by atoms with Gasteiger partial charge >= 0.3 is 0 Å². The van der Waals surface area contributed by atoms with E-state index in [0.29, 0.717) is 5.56 Å². The summed E-state index contributed by atoms with van der Waals surface area (Å²) in [5, 5.41) is 0. The molecule has 0 unspecified atom stereocenters. The first-order chi connectivity index (χ1) is 13.1. The van der Waals surface area contributed by atoms with E-state index in [2.05, 4.69) is 4.99 Å². The molecule has 1 saturated carbocycles. The van der Waals surface area contributed by atoms with Crippen molar-refractivity contribution in [3.63, 3.8) is 0 Å². The molecule has 2 aromatic carbocycles. The van der Waals surface area contributed by atoms with Crippen LogP contribution in [0, 0.1) is 11.6 Å². The molecule has 1 aliphatic carbocycles. The molecule has 2 aromatic rings. The van der Waals surface area contributed by atoms with Crippen LogP contribution in [0.1, 0.15) is 42.4 Å². The van der Waals surface area contributed by atoms with E-state index in [0.717, 1.165) is 24.5 Å². The van der Waals surface area contributed by atoms with Crippen molar-refractivity contribution in [3.8, 4) is 0 Å². The Morgan fingerprint density at radius 1 is 1.07 bits per heavy atom. The monoisotopic (exact) mass is 384 g/mol. The largest absolute Gasteiger partial charge is 0.369 e. The number of nitrogens with zero attached hydrogens (tertiary/aromatic N) is 2. The highest BCUT2D eigenvalue weighted by Gasteiger charge is 2.48. The fourth-order valence-electron chi connectivity index (χ4n) is 3.90. The fraction of sp³-hybridized carbons (Fsp3) is 0.333. The van der Waals surface area contributed by atoms with Crippen molar-refractivity contribution in [2.24, 2.45) is 16.5 Å². The van der Waals surface area contributed by atoms with Crippen LogP contribution in [0.3, 0.4) is 0 Å². The highest BCUT2D eigenvalue weighted by atomic mass is 19.1. The first kappa shape index (κ1) is 18.6. The highest BCUT2D eigenvalue weighted by molar-refractivity contribution is 6.02. The molecule has 0 aromatic heterocycles. The van der Waals surface area contributed by atoms with Crippen LogP contribution in [0.5, 0.6) is 0 Å². The number of halogens is 2. The number of aliphatic imine (C=N–C) groups is 1. The second-order valence-corrected chi connectivity index (χ2v) is 7.88. The predicted octanol–water partition coefficient (Wildman–Crippen LogP) is 2.70. The Morgan fingerprint density at radius 3 is 2.18 bits per heavy atom. The van der Waals surface area contributed by atoms with Crippen LogP contribution < -0.4 is 11.5 Å². The van der Waals surface area contributed by atoms with Crippen LogP contribution in [0.4, 0.5) is 8.78 Å². The molecule has 1 heterocycles. The first-order valence-corrected chi connectivity index (χ1v) is 9.13. The summed E-state index contributed by atoms with van der Waals surface area (Å²) < 4.78 is 27.8. The van der Waals surface area contributed by atoms with Gasteiger partial charge in [-0.3, -0.25) is 9.69 Å². The van der Waals surface area contributed by atoms with Crippen LogP contribution in [0.15, 0.2) is 47.5 Å². The van der Waals surface area contributed by atoms with Gasteiger partial charge in [-0.2, -0.15) is 0 Å². The summed E-state index contributed by atoms with van der Waals surface area (Å²) in [7, 11) is 1.54. The lowest BCUT2D eigenvalue weighted by Crippen LogP contribution is -2.52. The molecule has 1 amide bonds. The van der Waals surface area contributed by atoms with E-state index in [1.807, 2.05) is 24.3 Å². The second-order valence-electron chi connectivity index (χ2n) is 7.88. The van der Waals surface area contributed by atoms with Crippen LogP contribution in [-0.2, 0) is 15.9 Å². The summed E-state index contributed by atoms with van der Waals surface area (Å²) in [5.74, 6) is -2.54. The normalized spacial score (nSPS) is 26.2. The molecule has 0 spiro atoms. The molecule has 4 N–H and O–H groups in total. The maximum atomic E-state index is 13.9. The zero-order valence-electron chi connectivity index (χ0n) is 15.7. The third kappa shape index (κ3) is 2.86. The number of amides is 1. The number of rotatable bonds is 3. The van der Waals surface area contributed by atoms with E-state index < -0.39 is 23.1 Å². The average molecular weight is 384 g/mol. The van der Waals surface area contributed by atoms with Crippen molar-refractivity contribution in [1.29, 1.82) is 0 Å². The molecule has 5 nitrogen and oxygen atoms in total. The number of guanidine groups is 1. The number of hydrogen-bond donors (Lipinski definition) is 2. The minimum Gasteiger partial charge on any atom is -0.369 e. The van der Waals surface area contributed by atoms with Gasteiger partial charge in [0.25, 0.3) is 0 Å². The summed E-state index contributed by atoms with van der Waals surface area (Å²) in [4.78, 5) is 18.9. The van der Waals surface area contributed by atoms with Crippen molar-refractivity contribution in [2.75, 3.05) is 7.05 Å². The van der Waals surface area contributed by atoms with Gasteiger partial charge in [-0.15, -0.1) is 0 Å². The van der Waals surface area contributed by atoms with Gasteiger partial charge in [-0.05, 0) is 48.6 Å². The van der Waals surface area contributed by atoms with E-state index in [9.17, 15) is 13.6 Å². The minimum absolute atomic E-state index is 0.00364. The molecule has 0 saturated heterocycles. The van der Waals surface area contributed by atoms with E-state index in [1.54, 1.807) is 6.92 Å². The number of nitrogens with two attached hydrogens (primary N) is 2. The molecule has 1 aliphatic heterocycles. The molecule has 28 heavy (non-hydrogen) atoms. The molecule has 7 heteroatoms. The van der Waals surface area contributed by atoms with Crippen molar-refractivity contribution >= 4 is 11.9 Å². The van der Waals surface area contributed by atoms with Crippen LogP contribution in [0.2, 0.25) is 0 Å². The Bertz CT molecular complexity index is 964. The van der Waals surface area contributed by atoms with Crippen LogP contribution >= 0.6 is 0 Å². The smallest absolute Gasteiger partial charge is 0.239 e. The number of benzene rings is 2. The number of carbonyl (C=O) groups excluding carboxylic acids is 1. The zero-order chi connectivity index (χ0) is 20.3. The van der Waals surface area contributed by atoms with Crippen molar-refractivity contribution < 1.29 is 13.6 Å². The second kappa shape index (κ2) is 6.10. The summed E-state index contributed by atoms with van der Waals surface area (Å²) in [6.45, 7) is 1.67. The third-order valence-corrected chi connectivity index (χ3v) is 5.88. The molecule has 146 valence electrons. The number of hydrogen-bond acceptors (Lipinski definition) is 4. The van der Waals surface area contributed by atoms with Crippen LogP contribution in [-0.4, -0.2) is 23.8 Å². The van der Waals surface area contributed by atoms with Crippen molar-refractivity contribution in [2.45, 2.75) is 36.8 Å². The molecule has 0 radical (unpaired) electrons. The minimum atomic E-state index is -1.25. The summed E-state index contributed by atoms with van der Waals surface area (Å²) >= 11 is 0. The SMILES string of the molecule is CN1C(=O)[C@@H](c2ccc(C3(N)CC3)cc2)[C@@](C)(c2cc(F)cc(F)c2)N=C1N. The van der Waals surface area contributed by atoms with Gasteiger partial charge in [0.2, 0.25) is 5.91 Å². The van der Waals surface area contributed by atoms with E-state index in [1.165, 1.54) is 24.1 Å². The Kier molecular flexibility index (Phi) is 4.04. The molecule has 1 fully saturated rings. The van der Waals surface area contributed by atoms with Gasteiger partial charge in [0.15, 0.2) is 5.96 Å². The lowest BCUT2D eigenvalue weighted by Gasteiger charge is -2.41. The van der Waals surface area contributed by atoms with E-state index >= 15 is 0 Å². The first-order valence-electron chi connectivity index (χ1n) is 9.13. The van der Waals surface area contributed by atoms with Gasteiger partial charge in [0.1, 0.15) is 17.2 Å². The average Bonchev–Trinajstić information content (AvgIpc) is 3.38. The van der Waals surface area contributed by atoms with Gasteiger partial charge in [0, 0.05) is 18.7 Å². The van der Waals surface area contributed by atoms with E-state index in [4.69, 9.17) is 11.5 Å². The predicted molar refractivity (Wildman–Crippen MR) is 102 cm³/mol. The Hall–Kier alpha value is -2.80. The van der Waals surface area contributed by atoms with Gasteiger partial charge < -0.3 is 11.5 Å². The maximum absolute atomic E-state index is 13.9. The third-order valence-electron chi connectivity index (χ3n) is 5.88. The highest BCUT2D eigenvalue weighted by Crippen LogP contribution is 2.46. The van der Waals surface area contributed by atoms with E-state index in [-0.39, 0.29) is 23.0 Å². The standard InChI is InChI=1S/C21H22F2N4O/c1-20(14-9-15(22)11-16(23)10-14)17(18(28)27(2)19(24)26-20)12-3-5-13(6-4-12)21(25)7-8-21/h3-6,9-11,17H,7-8,25H2,1-2H3,(H2,24,26)/t17-,20-/m1/s1. The Morgan fingerprint density at radius 2 is 1.64 bits per heavy atom.